The van der Waals surface area contributed by atoms with Crippen LogP contribution < -0.4 is 21.2 Å². The lowest BCUT2D eigenvalue weighted by Gasteiger charge is -2.36. The highest BCUT2D eigenvalue weighted by Gasteiger charge is 2.93. The summed E-state index contributed by atoms with van der Waals surface area (Å²) in [6.07, 6.45) is -7.43. The molecular weight excluding hydrogens is 537 g/mol. The molecule has 0 bridgehead atoms. The molecule has 0 aromatic heterocycles. The molecule has 1 aromatic rings. The van der Waals surface area contributed by atoms with Crippen molar-refractivity contribution in [2.45, 2.75) is 33.8 Å². The average molecular weight is 541 g/mol. The van der Waals surface area contributed by atoms with Crippen LogP contribution in [0.1, 0.15) is 0 Å². The standard InChI is InChI=1S/C12H4F14I/c13-5-1-3-6(4-2-5)27-12(25,26)10(20,21)8(16,17)7(14,15)9(18,19)11(22,23)24/h1-4H/q+1. The van der Waals surface area contributed by atoms with Crippen molar-refractivity contribution in [3.05, 3.63) is 33.7 Å². The van der Waals surface area contributed by atoms with Gasteiger partial charge >= 0.3 is 55.0 Å². The Bertz CT molecular complexity index is 660. The summed E-state index contributed by atoms with van der Waals surface area (Å²) < 4.78 is 173. The largest absolute Gasteiger partial charge is 0.516 e. The highest BCUT2D eigenvalue weighted by molar-refractivity contribution is 5.09. The lowest BCUT2D eigenvalue weighted by molar-refractivity contribution is -0.790. The molecule has 0 heterocycles. The number of benzene rings is 1. The van der Waals surface area contributed by atoms with Crippen LogP contribution in [0, 0.1) is 9.39 Å². The number of halogens is 15. The van der Waals surface area contributed by atoms with E-state index < -0.39 is 64.4 Å². The summed E-state index contributed by atoms with van der Waals surface area (Å²) in [6.45, 7) is 0. The summed E-state index contributed by atoms with van der Waals surface area (Å²) >= 11 is -3.69. The molecule has 27 heavy (non-hydrogen) atoms. The summed E-state index contributed by atoms with van der Waals surface area (Å²) in [5.41, 5.74) is 0. The van der Waals surface area contributed by atoms with Crippen LogP contribution >= 0.6 is 0 Å². The van der Waals surface area contributed by atoms with Gasteiger partial charge in [-0.25, -0.2) is 4.39 Å². The van der Waals surface area contributed by atoms with Crippen LogP contribution in [0.4, 0.5) is 61.5 Å². The lowest BCUT2D eigenvalue weighted by Crippen LogP contribution is -3.68. The van der Waals surface area contributed by atoms with Crippen LogP contribution in [0.2, 0.25) is 0 Å². The number of hydrogen-bond acceptors (Lipinski definition) is 0. The van der Waals surface area contributed by atoms with Gasteiger partial charge in [0.2, 0.25) is 0 Å². The maximum absolute atomic E-state index is 13.6. The molecule has 0 radical (unpaired) electrons. The van der Waals surface area contributed by atoms with Crippen LogP contribution in [-0.2, 0) is 0 Å². The third-order valence-corrected chi connectivity index (χ3v) is 5.62. The third-order valence-electron chi connectivity index (χ3n) is 2.93. The van der Waals surface area contributed by atoms with Gasteiger partial charge in [-0.15, -0.1) is 0 Å². The smallest absolute Gasteiger partial charge is 0.207 e. The van der Waals surface area contributed by atoms with Crippen LogP contribution in [0.3, 0.4) is 0 Å². The summed E-state index contributed by atoms with van der Waals surface area (Å²) in [6, 6.07) is 1.67. The monoisotopic (exact) mass is 541 g/mol. The van der Waals surface area contributed by atoms with Crippen molar-refractivity contribution >= 4 is 0 Å². The topological polar surface area (TPSA) is 0 Å². The molecule has 0 saturated heterocycles. The van der Waals surface area contributed by atoms with Gasteiger partial charge in [0.1, 0.15) is 5.82 Å². The number of rotatable bonds is 6. The summed E-state index contributed by atoms with van der Waals surface area (Å²) in [5.74, 6) is -31.8. The van der Waals surface area contributed by atoms with E-state index in [9.17, 15) is 61.5 Å². The van der Waals surface area contributed by atoms with E-state index in [1.807, 2.05) is 0 Å². The molecule has 0 unspecified atom stereocenters. The van der Waals surface area contributed by atoms with Crippen molar-refractivity contribution in [2.75, 3.05) is 0 Å². The first-order chi connectivity index (χ1) is 11.7. The maximum atomic E-state index is 13.6. The average Bonchev–Trinajstić information content (AvgIpc) is 2.47. The predicted molar refractivity (Wildman–Crippen MR) is 55.9 cm³/mol. The van der Waals surface area contributed by atoms with Crippen LogP contribution in [0.15, 0.2) is 24.3 Å². The van der Waals surface area contributed by atoms with Crippen molar-refractivity contribution in [1.82, 2.24) is 0 Å². The van der Waals surface area contributed by atoms with Crippen LogP contribution in [0.25, 0.3) is 0 Å². The van der Waals surface area contributed by atoms with Crippen LogP contribution in [0.5, 0.6) is 0 Å². The highest BCUT2D eigenvalue weighted by atomic mass is 127. The zero-order valence-electron chi connectivity index (χ0n) is 12.0. The van der Waals surface area contributed by atoms with E-state index in [1.165, 1.54) is 0 Å². The molecule has 0 nitrogen and oxygen atoms in total. The Kier molecular flexibility index (Phi) is 6.04. The van der Waals surface area contributed by atoms with Gasteiger partial charge in [0, 0.05) is 0 Å². The molecule has 0 atom stereocenters. The Balaban J connectivity index is 3.38. The van der Waals surface area contributed by atoms with E-state index in [-0.39, 0.29) is 0 Å². The second-order valence-corrected chi connectivity index (χ2v) is 7.96. The highest BCUT2D eigenvalue weighted by Crippen LogP contribution is 2.59. The molecule has 0 saturated carbocycles. The molecule has 0 spiro atoms. The molecule has 0 fully saturated rings. The van der Waals surface area contributed by atoms with Crippen molar-refractivity contribution in [2.24, 2.45) is 0 Å². The van der Waals surface area contributed by atoms with E-state index in [2.05, 4.69) is 0 Å². The normalized spacial score (nSPS) is 15.2. The first-order valence-electron chi connectivity index (χ1n) is 6.10. The number of hydrogen-bond donors (Lipinski definition) is 0. The Morgan fingerprint density at radius 3 is 1.26 bits per heavy atom. The van der Waals surface area contributed by atoms with Crippen molar-refractivity contribution < 1.29 is 82.7 Å². The fourth-order valence-electron chi connectivity index (χ4n) is 1.44. The lowest BCUT2D eigenvalue weighted by atomic mass is 9.98. The molecule has 0 aliphatic heterocycles. The zero-order valence-corrected chi connectivity index (χ0v) is 14.1. The van der Waals surface area contributed by atoms with Gasteiger partial charge in [0.05, 0.1) is 0 Å². The van der Waals surface area contributed by atoms with E-state index in [4.69, 9.17) is 0 Å². The Morgan fingerprint density at radius 2 is 0.889 bits per heavy atom. The van der Waals surface area contributed by atoms with Gasteiger partial charge in [0.25, 0.3) is 0 Å². The van der Waals surface area contributed by atoms with E-state index in [0.29, 0.717) is 24.3 Å². The van der Waals surface area contributed by atoms with Gasteiger partial charge in [0.15, 0.2) is 3.57 Å². The van der Waals surface area contributed by atoms with Gasteiger partial charge < -0.3 is 0 Å². The molecule has 15 heteroatoms. The van der Waals surface area contributed by atoms with E-state index in [0.717, 1.165) is 0 Å². The second kappa shape index (κ2) is 6.79. The quantitative estimate of drug-likeness (QED) is 0.296. The minimum absolute atomic E-state index is 0.410. The fraction of sp³-hybridized carbons (Fsp3) is 0.500. The first kappa shape index (κ1) is 24.0. The van der Waals surface area contributed by atoms with Crippen LogP contribution in [-0.4, -0.2) is 33.8 Å². The van der Waals surface area contributed by atoms with Crippen molar-refractivity contribution in [3.63, 3.8) is 0 Å². The summed E-state index contributed by atoms with van der Waals surface area (Å²) in [7, 11) is 0. The van der Waals surface area contributed by atoms with Gasteiger partial charge in [-0.05, 0) is 24.3 Å². The fourth-order valence-corrected chi connectivity index (χ4v) is 3.62. The Morgan fingerprint density at radius 1 is 0.519 bits per heavy atom. The summed E-state index contributed by atoms with van der Waals surface area (Å²) in [4.78, 5) is 0. The third kappa shape index (κ3) is 3.79. The van der Waals surface area contributed by atoms with Crippen molar-refractivity contribution in [3.8, 4) is 0 Å². The molecule has 156 valence electrons. The van der Waals surface area contributed by atoms with Gasteiger partial charge in [-0.2, -0.15) is 57.1 Å². The summed E-state index contributed by atoms with van der Waals surface area (Å²) in [5, 5.41) is 0. The Hall–Kier alpha value is -1.03. The molecule has 0 N–H and O–H groups in total. The first-order valence-corrected chi connectivity index (χ1v) is 8.25. The van der Waals surface area contributed by atoms with E-state index in [1.54, 1.807) is 0 Å². The molecule has 0 aliphatic carbocycles. The number of alkyl halides is 14. The molecule has 1 aromatic carbocycles. The minimum Gasteiger partial charge on any atom is -0.207 e. The predicted octanol–water partition coefficient (Wildman–Crippen LogP) is 2.78. The van der Waals surface area contributed by atoms with Gasteiger partial charge in [-0.1, -0.05) is 0 Å². The van der Waals surface area contributed by atoms with E-state index >= 15 is 0 Å². The molecule has 1 rings (SSSR count). The van der Waals surface area contributed by atoms with Gasteiger partial charge in [-0.3, -0.25) is 0 Å². The van der Waals surface area contributed by atoms with Crippen molar-refractivity contribution in [1.29, 1.82) is 0 Å². The zero-order chi connectivity index (χ0) is 21.7. The second-order valence-electron chi connectivity index (χ2n) is 4.82. The Labute approximate surface area is 150 Å². The SMILES string of the molecule is Fc1ccc([I+]C(F)(F)C(F)(F)C(F)(F)C(F)(F)C(F)(F)C(F)(F)F)cc1. The maximum Gasteiger partial charge on any atom is 0.516 e. The minimum atomic E-state index is -7.91. The molecule has 0 aliphatic rings. The molecule has 0 amide bonds. The molecular formula is C12H4F14I+.